The number of aromatic nitrogens is 1. The number of aryl methyl sites for hydroxylation is 2. The predicted octanol–water partition coefficient (Wildman–Crippen LogP) is 3.56. The average molecular weight is 373 g/mol. The van der Waals surface area contributed by atoms with Crippen LogP contribution in [0.2, 0.25) is 0 Å². The lowest BCUT2D eigenvalue weighted by molar-refractivity contribution is 0.0935. The Bertz CT molecular complexity index is 866. The molecule has 0 bridgehead atoms. The molecule has 1 aromatic heterocycles. The summed E-state index contributed by atoms with van der Waals surface area (Å²) in [5.74, 6) is -0.494. The summed E-state index contributed by atoms with van der Waals surface area (Å²) in [5, 5.41) is 5.69. The second-order valence-electron chi connectivity index (χ2n) is 6.77. The molecule has 5 nitrogen and oxygen atoms in total. The van der Waals surface area contributed by atoms with Crippen molar-refractivity contribution in [1.29, 1.82) is 0 Å². The fourth-order valence-corrected chi connectivity index (χ4v) is 2.63. The van der Waals surface area contributed by atoms with Crippen molar-refractivity contribution in [3.05, 3.63) is 100 Å². The SMILES string of the molecule is Cc1ccc(CNC(=O)c2ccc(C(=O)NCc3ccc(C)cc3)nc2)cc1. The van der Waals surface area contributed by atoms with Crippen molar-refractivity contribution < 1.29 is 9.59 Å². The molecule has 0 aliphatic rings. The molecule has 0 saturated heterocycles. The minimum atomic E-state index is -0.271. The van der Waals surface area contributed by atoms with Crippen LogP contribution >= 0.6 is 0 Å². The minimum Gasteiger partial charge on any atom is -0.348 e. The van der Waals surface area contributed by atoms with E-state index in [2.05, 4.69) is 15.6 Å². The normalized spacial score (nSPS) is 10.4. The Morgan fingerprint density at radius 3 is 1.68 bits per heavy atom. The number of nitrogens with zero attached hydrogens (tertiary/aromatic N) is 1. The molecule has 1 heterocycles. The quantitative estimate of drug-likeness (QED) is 0.694. The standard InChI is InChI=1S/C23H23N3O2/c1-16-3-7-18(8-4-16)13-25-22(27)20-11-12-21(24-15-20)23(28)26-14-19-9-5-17(2)6-10-19/h3-12,15H,13-14H2,1-2H3,(H,25,27)(H,26,28). The van der Waals surface area contributed by atoms with Gasteiger partial charge in [-0.15, -0.1) is 0 Å². The van der Waals surface area contributed by atoms with E-state index in [1.54, 1.807) is 12.1 Å². The lowest BCUT2D eigenvalue weighted by Gasteiger charge is -2.07. The molecule has 5 heteroatoms. The summed E-state index contributed by atoms with van der Waals surface area (Å²) in [6, 6.07) is 19.1. The Kier molecular flexibility index (Phi) is 6.17. The highest BCUT2D eigenvalue weighted by Crippen LogP contribution is 2.06. The van der Waals surface area contributed by atoms with E-state index >= 15 is 0 Å². The number of carbonyl (C=O) groups excluding carboxylic acids is 2. The fraction of sp³-hybridized carbons (Fsp3) is 0.174. The highest BCUT2D eigenvalue weighted by Gasteiger charge is 2.10. The summed E-state index contributed by atoms with van der Waals surface area (Å²) < 4.78 is 0. The third kappa shape index (κ3) is 5.27. The average Bonchev–Trinajstić information content (AvgIpc) is 2.72. The predicted molar refractivity (Wildman–Crippen MR) is 109 cm³/mol. The maximum absolute atomic E-state index is 12.3. The molecule has 0 unspecified atom stereocenters. The molecule has 0 aliphatic carbocycles. The summed E-state index contributed by atoms with van der Waals surface area (Å²) in [6.07, 6.45) is 1.42. The Morgan fingerprint density at radius 2 is 1.21 bits per heavy atom. The van der Waals surface area contributed by atoms with Gasteiger partial charge in [0.25, 0.3) is 11.8 Å². The van der Waals surface area contributed by atoms with Gasteiger partial charge in [-0.3, -0.25) is 14.6 Å². The van der Waals surface area contributed by atoms with E-state index in [9.17, 15) is 9.59 Å². The number of rotatable bonds is 6. The van der Waals surface area contributed by atoms with Crippen molar-refractivity contribution >= 4 is 11.8 Å². The number of pyridine rings is 1. The van der Waals surface area contributed by atoms with E-state index in [-0.39, 0.29) is 17.5 Å². The first kappa shape index (κ1) is 19.3. The van der Waals surface area contributed by atoms with Crippen molar-refractivity contribution in [2.75, 3.05) is 0 Å². The van der Waals surface area contributed by atoms with Crippen LogP contribution in [-0.2, 0) is 13.1 Å². The molecule has 0 saturated carbocycles. The first-order valence-corrected chi connectivity index (χ1v) is 9.15. The molecule has 2 aromatic carbocycles. The molecule has 2 amide bonds. The molecule has 0 spiro atoms. The number of amides is 2. The van der Waals surface area contributed by atoms with E-state index in [0.717, 1.165) is 11.1 Å². The molecule has 3 aromatic rings. The van der Waals surface area contributed by atoms with Crippen molar-refractivity contribution in [1.82, 2.24) is 15.6 Å². The van der Waals surface area contributed by atoms with E-state index in [1.165, 1.54) is 17.3 Å². The molecule has 0 fully saturated rings. The largest absolute Gasteiger partial charge is 0.348 e. The van der Waals surface area contributed by atoms with Crippen molar-refractivity contribution in [2.45, 2.75) is 26.9 Å². The summed E-state index contributed by atoms with van der Waals surface area (Å²) in [4.78, 5) is 28.6. The van der Waals surface area contributed by atoms with Crippen LogP contribution in [0.3, 0.4) is 0 Å². The third-order valence-corrected chi connectivity index (χ3v) is 4.41. The number of nitrogens with one attached hydrogen (secondary N) is 2. The first-order chi connectivity index (χ1) is 13.5. The van der Waals surface area contributed by atoms with E-state index in [4.69, 9.17) is 0 Å². The molecule has 0 aliphatic heterocycles. The Hall–Kier alpha value is -3.47. The third-order valence-electron chi connectivity index (χ3n) is 4.41. The maximum atomic E-state index is 12.3. The van der Waals surface area contributed by atoms with E-state index in [1.807, 2.05) is 62.4 Å². The molecule has 0 atom stereocenters. The van der Waals surface area contributed by atoms with Crippen LogP contribution in [0, 0.1) is 13.8 Å². The van der Waals surface area contributed by atoms with Crippen LogP contribution in [0.4, 0.5) is 0 Å². The Balaban J connectivity index is 1.53. The van der Waals surface area contributed by atoms with Crippen LogP contribution in [-0.4, -0.2) is 16.8 Å². The van der Waals surface area contributed by atoms with Crippen molar-refractivity contribution in [2.24, 2.45) is 0 Å². The zero-order valence-corrected chi connectivity index (χ0v) is 16.0. The molecule has 2 N–H and O–H groups in total. The van der Waals surface area contributed by atoms with Crippen LogP contribution < -0.4 is 10.6 Å². The Labute approximate surface area is 164 Å². The van der Waals surface area contributed by atoms with Gasteiger partial charge in [-0.2, -0.15) is 0 Å². The van der Waals surface area contributed by atoms with Gasteiger partial charge in [0.1, 0.15) is 5.69 Å². The lowest BCUT2D eigenvalue weighted by atomic mass is 10.1. The highest BCUT2D eigenvalue weighted by molar-refractivity contribution is 5.96. The molecule has 3 rings (SSSR count). The van der Waals surface area contributed by atoms with Crippen LogP contribution in [0.25, 0.3) is 0 Å². The van der Waals surface area contributed by atoms with Crippen molar-refractivity contribution in [3.8, 4) is 0 Å². The zero-order valence-electron chi connectivity index (χ0n) is 16.0. The molecule has 0 radical (unpaired) electrons. The van der Waals surface area contributed by atoms with Gasteiger partial charge in [0, 0.05) is 19.3 Å². The van der Waals surface area contributed by atoms with Crippen LogP contribution in [0.15, 0.2) is 66.9 Å². The molecular formula is C23H23N3O2. The highest BCUT2D eigenvalue weighted by atomic mass is 16.2. The van der Waals surface area contributed by atoms with Gasteiger partial charge in [0.2, 0.25) is 0 Å². The van der Waals surface area contributed by atoms with Gasteiger partial charge < -0.3 is 10.6 Å². The number of hydrogen-bond acceptors (Lipinski definition) is 3. The zero-order chi connectivity index (χ0) is 19.9. The maximum Gasteiger partial charge on any atom is 0.270 e. The smallest absolute Gasteiger partial charge is 0.270 e. The topological polar surface area (TPSA) is 71.1 Å². The van der Waals surface area contributed by atoms with Gasteiger partial charge in [-0.05, 0) is 37.1 Å². The van der Waals surface area contributed by atoms with Crippen LogP contribution in [0.1, 0.15) is 43.1 Å². The van der Waals surface area contributed by atoms with Crippen molar-refractivity contribution in [3.63, 3.8) is 0 Å². The van der Waals surface area contributed by atoms with Gasteiger partial charge in [-0.25, -0.2) is 0 Å². The summed E-state index contributed by atoms with van der Waals surface area (Å²) in [5.41, 5.74) is 5.10. The van der Waals surface area contributed by atoms with E-state index in [0.29, 0.717) is 18.7 Å². The molecule has 28 heavy (non-hydrogen) atoms. The second-order valence-corrected chi connectivity index (χ2v) is 6.77. The fourth-order valence-electron chi connectivity index (χ4n) is 2.63. The lowest BCUT2D eigenvalue weighted by Crippen LogP contribution is -2.25. The molecule has 142 valence electrons. The van der Waals surface area contributed by atoms with Gasteiger partial charge in [0.15, 0.2) is 0 Å². The minimum absolute atomic E-state index is 0.223. The number of hydrogen-bond donors (Lipinski definition) is 2. The summed E-state index contributed by atoms with van der Waals surface area (Å²) in [6.45, 7) is 4.91. The van der Waals surface area contributed by atoms with Gasteiger partial charge >= 0.3 is 0 Å². The Morgan fingerprint density at radius 1 is 0.714 bits per heavy atom. The van der Waals surface area contributed by atoms with Crippen LogP contribution in [0.5, 0.6) is 0 Å². The molecular weight excluding hydrogens is 350 g/mol. The first-order valence-electron chi connectivity index (χ1n) is 9.15. The monoisotopic (exact) mass is 373 g/mol. The van der Waals surface area contributed by atoms with Gasteiger partial charge in [0.05, 0.1) is 5.56 Å². The van der Waals surface area contributed by atoms with Gasteiger partial charge in [-0.1, -0.05) is 59.7 Å². The number of carbonyl (C=O) groups is 2. The summed E-state index contributed by atoms with van der Waals surface area (Å²) >= 11 is 0. The second kappa shape index (κ2) is 8.95. The summed E-state index contributed by atoms with van der Waals surface area (Å²) in [7, 11) is 0. The van der Waals surface area contributed by atoms with E-state index < -0.39 is 0 Å². The number of benzene rings is 2.